The highest BCUT2D eigenvalue weighted by Crippen LogP contribution is 2.26. The lowest BCUT2D eigenvalue weighted by molar-refractivity contribution is 0.102. The van der Waals surface area contributed by atoms with Crippen molar-refractivity contribution in [2.24, 2.45) is 5.92 Å². The molecule has 1 aliphatic heterocycles. The predicted molar refractivity (Wildman–Crippen MR) is 119 cm³/mol. The number of nitrogens with one attached hydrogen (secondary N) is 1. The average molecular weight is 442 g/mol. The summed E-state index contributed by atoms with van der Waals surface area (Å²) in [5, 5.41) is 5.17. The molecule has 1 aromatic heterocycles. The van der Waals surface area contributed by atoms with Crippen LogP contribution in [0.3, 0.4) is 0 Å². The van der Waals surface area contributed by atoms with Gasteiger partial charge >= 0.3 is 0 Å². The van der Waals surface area contributed by atoms with Crippen LogP contribution in [-0.2, 0) is 10.0 Å². The van der Waals surface area contributed by atoms with E-state index in [0.717, 1.165) is 24.1 Å². The molecule has 0 spiro atoms. The number of carbonyl (C=O) groups is 1. The Bertz CT molecular complexity index is 1130. The number of hydrogen-bond donors (Lipinski definition) is 1. The molecule has 2 aromatic carbocycles. The Morgan fingerprint density at radius 1 is 1.13 bits per heavy atom. The van der Waals surface area contributed by atoms with Crippen molar-refractivity contribution in [3.8, 4) is 11.3 Å². The molecule has 0 aliphatic carbocycles. The van der Waals surface area contributed by atoms with Gasteiger partial charge in [-0.3, -0.25) is 10.1 Å². The number of piperidine rings is 1. The number of rotatable bonds is 5. The van der Waals surface area contributed by atoms with Gasteiger partial charge in [-0.1, -0.05) is 37.3 Å². The van der Waals surface area contributed by atoms with Crippen molar-refractivity contribution in [2.45, 2.75) is 24.7 Å². The summed E-state index contributed by atoms with van der Waals surface area (Å²) in [4.78, 5) is 17.2. The lowest BCUT2D eigenvalue weighted by Crippen LogP contribution is -2.39. The van der Waals surface area contributed by atoms with Crippen molar-refractivity contribution in [1.29, 1.82) is 0 Å². The van der Waals surface area contributed by atoms with Gasteiger partial charge in [0.2, 0.25) is 10.0 Å². The molecule has 1 aliphatic rings. The van der Waals surface area contributed by atoms with Gasteiger partial charge in [0.15, 0.2) is 5.13 Å². The Morgan fingerprint density at radius 3 is 2.57 bits per heavy atom. The maximum absolute atomic E-state index is 12.9. The molecule has 1 saturated heterocycles. The normalized spacial score (nSPS) is 17.6. The number of hydrogen-bond acceptors (Lipinski definition) is 5. The van der Waals surface area contributed by atoms with Crippen molar-refractivity contribution in [3.05, 3.63) is 65.5 Å². The molecule has 0 unspecified atom stereocenters. The third-order valence-electron chi connectivity index (χ3n) is 5.17. The Hall–Kier alpha value is -2.55. The van der Waals surface area contributed by atoms with Gasteiger partial charge in [0.1, 0.15) is 0 Å². The van der Waals surface area contributed by atoms with Crippen molar-refractivity contribution < 1.29 is 13.2 Å². The van der Waals surface area contributed by atoms with E-state index in [-0.39, 0.29) is 10.8 Å². The number of thiazole rings is 1. The minimum atomic E-state index is -3.53. The second kappa shape index (κ2) is 8.67. The second-order valence-corrected chi connectivity index (χ2v) is 10.3. The summed E-state index contributed by atoms with van der Waals surface area (Å²) < 4.78 is 27.3. The van der Waals surface area contributed by atoms with Gasteiger partial charge in [0.25, 0.3) is 5.91 Å². The molecule has 0 saturated carbocycles. The van der Waals surface area contributed by atoms with Gasteiger partial charge in [0, 0.05) is 29.6 Å². The van der Waals surface area contributed by atoms with E-state index in [1.807, 2.05) is 35.7 Å². The molecule has 3 aromatic rings. The van der Waals surface area contributed by atoms with Crippen molar-refractivity contribution in [3.63, 3.8) is 0 Å². The van der Waals surface area contributed by atoms with Crippen LogP contribution in [-0.4, -0.2) is 36.7 Å². The molecule has 0 radical (unpaired) electrons. The van der Waals surface area contributed by atoms with Gasteiger partial charge in [-0.2, -0.15) is 4.31 Å². The molecule has 156 valence electrons. The number of nitrogens with zero attached hydrogens (tertiary/aromatic N) is 2. The largest absolute Gasteiger partial charge is 0.298 e. The van der Waals surface area contributed by atoms with Gasteiger partial charge in [0.05, 0.1) is 10.6 Å². The number of sulfonamides is 1. The highest BCUT2D eigenvalue weighted by atomic mass is 32.2. The maximum Gasteiger partial charge on any atom is 0.257 e. The van der Waals surface area contributed by atoms with Crippen molar-refractivity contribution in [1.82, 2.24) is 9.29 Å². The maximum atomic E-state index is 12.9. The molecule has 1 fully saturated rings. The molecule has 1 N–H and O–H groups in total. The second-order valence-electron chi connectivity index (χ2n) is 7.49. The summed E-state index contributed by atoms with van der Waals surface area (Å²) in [6, 6.07) is 15.8. The predicted octanol–water partition coefficient (Wildman–Crippen LogP) is 4.48. The molecular weight excluding hydrogens is 418 g/mol. The molecule has 1 atom stereocenters. The third-order valence-corrected chi connectivity index (χ3v) is 7.81. The van der Waals surface area contributed by atoms with Gasteiger partial charge in [-0.15, -0.1) is 11.3 Å². The van der Waals surface area contributed by atoms with Crippen molar-refractivity contribution >= 4 is 32.4 Å². The van der Waals surface area contributed by atoms with E-state index in [9.17, 15) is 13.2 Å². The van der Waals surface area contributed by atoms with Crippen LogP contribution < -0.4 is 5.32 Å². The summed E-state index contributed by atoms with van der Waals surface area (Å²) in [7, 11) is -3.53. The standard InChI is InChI=1S/C22H23N3O3S2/c1-16-6-5-13-25(14-16)30(27,28)19-11-9-18(10-12-19)21(26)24-22-23-20(15-29-22)17-7-3-2-4-8-17/h2-4,7-12,15-16H,5-6,13-14H2,1H3,(H,23,24,26)/t16-/m1/s1. The minimum Gasteiger partial charge on any atom is -0.298 e. The first-order valence-electron chi connectivity index (χ1n) is 9.86. The number of benzene rings is 2. The van der Waals surface area contributed by atoms with Crippen LogP contribution in [0, 0.1) is 5.92 Å². The monoisotopic (exact) mass is 441 g/mol. The SMILES string of the molecule is C[C@@H]1CCCN(S(=O)(=O)c2ccc(C(=O)Nc3nc(-c4ccccc4)cs3)cc2)C1. The summed E-state index contributed by atoms with van der Waals surface area (Å²) in [6.07, 6.45) is 1.92. The third kappa shape index (κ3) is 4.45. The van der Waals surface area contributed by atoms with Gasteiger partial charge < -0.3 is 0 Å². The number of aromatic nitrogens is 1. The Labute approximate surface area is 180 Å². The fourth-order valence-corrected chi connectivity index (χ4v) is 5.85. The number of anilines is 1. The van der Waals surface area contributed by atoms with Crippen LogP contribution in [0.2, 0.25) is 0 Å². The van der Waals surface area contributed by atoms with E-state index < -0.39 is 10.0 Å². The van der Waals surface area contributed by atoms with E-state index in [1.54, 1.807) is 12.1 Å². The smallest absolute Gasteiger partial charge is 0.257 e. The zero-order chi connectivity index (χ0) is 21.1. The Balaban J connectivity index is 1.45. The molecule has 2 heterocycles. The van der Waals surface area contributed by atoms with Crippen molar-refractivity contribution in [2.75, 3.05) is 18.4 Å². The first-order valence-corrected chi connectivity index (χ1v) is 12.2. The van der Waals surface area contributed by atoms with Gasteiger partial charge in [-0.25, -0.2) is 13.4 Å². The van der Waals surface area contributed by atoms with E-state index in [1.165, 1.54) is 27.8 Å². The summed E-state index contributed by atoms with van der Waals surface area (Å²) in [6.45, 7) is 3.15. The molecule has 1 amide bonds. The van der Waals surface area contributed by atoms with E-state index in [2.05, 4.69) is 17.2 Å². The quantitative estimate of drug-likeness (QED) is 0.633. The van der Waals surface area contributed by atoms with E-state index in [0.29, 0.717) is 29.7 Å². The van der Waals surface area contributed by atoms with E-state index in [4.69, 9.17) is 0 Å². The van der Waals surface area contributed by atoms with Crippen LogP contribution in [0.4, 0.5) is 5.13 Å². The van der Waals surface area contributed by atoms with Gasteiger partial charge in [-0.05, 0) is 43.0 Å². The zero-order valence-electron chi connectivity index (χ0n) is 16.6. The van der Waals surface area contributed by atoms with Crippen LogP contribution in [0.5, 0.6) is 0 Å². The number of amides is 1. The Kier molecular flexibility index (Phi) is 5.99. The molecule has 0 bridgehead atoms. The highest BCUT2D eigenvalue weighted by Gasteiger charge is 2.28. The van der Waals surface area contributed by atoms with Crippen LogP contribution in [0.1, 0.15) is 30.1 Å². The fraction of sp³-hybridized carbons (Fsp3) is 0.273. The van der Waals surface area contributed by atoms with Crippen LogP contribution in [0.25, 0.3) is 11.3 Å². The molecule has 6 nitrogen and oxygen atoms in total. The zero-order valence-corrected chi connectivity index (χ0v) is 18.2. The average Bonchev–Trinajstić information content (AvgIpc) is 3.23. The summed E-state index contributed by atoms with van der Waals surface area (Å²) in [5.41, 5.74) is 2.17. The Morgan fingerprint density at radius 2 is 1.87 bits per heavy atom. The summed E-state index contributed by atoms with van der Waals surface area (Å²) in [5.74, 6) is 0.0390. The first-order chi connectivity index (χ1) is 14.4. The van der Waals surface area contributed by atoms with E-state index >= 15 is 0 Å². The molecule has 8 heteroatoms. The topological polar surface area (TPSA) is 79.4 Å². The minimum absolute atomic E-state index is 0.216. The van der Waals surface area contributed by atoms with Crippen LogP contribution >= 0.6 is 11.3 Å². The lowest BCUT2D eigenvalue weighted by Gasteiger charge is -2.30. The molecule has 30 heavy (non-hydrogen) atoms. The first kappa shape index (κ1) is 20.7. The highest BCUT2D eigenvalue weighted by molar-refractivity contribution is 7.89. The summed E-state index contributed by atoms with van der Waals surface area (Å²) >= 11 is 1.35. The fourth-order valence-electron chi connectivity index (χ4n) is 3.53. The molecule has 4 rings (SSSR count). The van der Waals surface area contributed by atoms with Crippen LogP contribution in [0.15, 0.2) is 64.9 Å². The number of carbonyl (C=O) groups excluding carboxylic acids is 1. The lowest BCUT2D eigenvalue weighted by atomic mass is 10.0. The molecular formula is C22H23N3O3S2.